The maximum atomic E-state index is 12.8. The maximum Gasteiger partial charge on any atom is 0.332 e. The smallest absolute Gasteiger partial charge is 0.332 e. The van der Waals surface area contributed by atoms with Crippen LogP contribution in [0.4, 0.5) is 5.82 Å². The summed E-state index contributed by atoms with van der Waals surface area (Å²) < 4.78 is 9.65. The van der Waals surface area contributed by atoms with E-state index in [-0.39, 0.29) is 29.7 Å². The fourth-order valence-electron chi connectivity index (χ4n) is 3.60. The van der Waals surface area contributed by atoms with Gasteiger partial charge in [0.1, 0.15) is 12.6 Å². The Labute approximate surface area is 177 Å². The van der Waals surface area contributed by atoms with Crippen LogP contribution >= 0.6 is 0 Å². The fourth-order valence-corrected chi connectivity index (χ4v) is 3.60. The number of anilines is 1. The summed E-state index contributed by atoms with van der Waals surface area (Å²) in [6.45, 7) is 0.906. The van der Waals surface area contributed by atoms with E-state index in [0.29, 0.717) is 25.4 Å². The largest absolute Gasteiger partial charge is 0.471 e. The number of carbonyl (C=O) groups excluding carboxylic acids is 1. The zero-order valence-electron chi connectivity index (χ0n) is 17.8. The summed E-state index contributed by atoms with van der Waals surface area (Å²) in [5, 5.41) is 8.15. The van der Waals surface area contributed by atoms with E-state index in [2.05, 4.69) is 15.2 Å². The molecule has 1 atom stereocenters. The van der Waals surface area contributed by atoms with Crippen LogP contribution in [0.2, 0.25) is 0 Å². The SMILES string of the molecule is CN(C)c1ccc(OC2CCN(C(=O)Cn3cnc4c3c(=O)n(C)c(=O)n4C)C2)nn1. The molecule has 4 rings (SSSR count). The maximum absolute atomic E-state index is 12.8. The Morgan fingerprint density at radius 1 is 1.19 bits per heavy atom. The number of aromatic nitrogens is 6. The van der Waals surface area contributed by atoms with Crippen molar-refractivity contribution < 1.29 is 9.53 Å². The first-order valence-corrected chi connectivity index (χ1v) is 9.82. The van der Waals surface area contributed by atoms with Crippen LogP contribution in [0, 0.1) is 0 Å². The number of aryl methyl sites for hydroxylation is 1. The number of hydrogen-bond donors (Lipinski definition) is 0. The molecule has 164 valence electrons. The summed E-state index contributed by atoms with van der Waals surface area (Å²) >= 11 is 0. The highest BCUT2D eigenvalue weighted by atomic mass is 16.5. The topological polar surface area (TPSA) is 120 Å². The van der Waals surface area contributed by atoms with E-state index in [1.165, 1.54) is 22.5 Å². The summed E-state index contributed by atoms with van der Waals surface area (Å²) in [5.41, 5.74) is -0.467. The number of ether oxygens (including phenoxy) is 1. The van der Waals surface area contributed by atoms with Crippen LogP contribution in [0.3, 0.4) is 0 Å². The minimum atomic E-state index is -0.481. The average Bonchev–Trinajstić information content (AvgIpc) is 3.38. The molecule has 1 unspecified atom stereocenters. The highest BCUT2D eigenvalue weighted by Crippen LogP contribution is 2.18. The van der Waals surface area contributed by atoms with E-state index in [1.807, 2.05) is 25.1 Å². The number of rotatable bonds is 5. The third kappa shape index (κ3) is 3.76. The van der Waals surface area contributed by atoms with Crippen LogP contribution in [0.15, 0.2) is 28.0 Å². The molecule has 31 heavy (non-hydrogen) atoms. The molecule has 0 aromatic carbocycles. The van der Waals surface area contributed by atoms with Crippen molar-refractivity contribution in [2.24, 2.45) is 14.1 Å². The second-order valence-corrected chi connectivity index (χ2v) is 7.74. The lowest BCUT2D eigenvalue weighted by atomic mass is 10.3. The number of likely N-dealkylation sites (tertiary alicyclic amines) is 1. The molecule has 1 aliphatic rings. The van der Waals surface area contributed by atoms with Crippen molar-refractivity contribution >= 4 is 22.9 Å². The molecule has 1 saturated heterocycles. The first-order chi connectivity index (χ1) is 14.8. The van der Waals surface area contributed by atoms with E-state index in [4.69, 9.17) is 4.74 Å². The molecule has 0 radical (unpaired) electrons. The molecule has 1 fully saturated rings. The van der Waals surface area contributed by atoms with E-state index in [9.17, 15) is 14.4 Å². The molecule has 0 N–H and O–H groups in total. The number of imidazole rings is 1. The highest BCUT2D eigenvalue weighted by molar-refractivity contribution is 5.79. The van der Waals surface area contributed by atoms with Gasteiger partial charge in [0, 0.05) is 47.2 Å². The van der Waals surface area contributed by atoms with Gasteiger partial charge in [-0.1, -0.05) is 0 Å². The van der Waals surface area contributed by atoms with Gasteiger partial charge in [-0.15, -0.1) is 10.2 Å². The molecular formula is C19H24N8O4. The van der Waals surface area contributed by atoms with Crippen LogP contribution in [0.25, 0.3) is 11.2 Å². The van der Waals surface area contributed by atoms with Gasteiger partial charge in [-0.25, -0.2) is 9.78 Å². The molecular weight excluding hydrogens is 404 g/mol. The molecule has 3 aromatic heterocycles. The zero-order chi connectivity index (χ0) is 22.3. The molecule has 12 heteroatoms. The molecule has 1 amide bonds. The van der Waals surface area contributed by atoms with E-state index >= 15 is 0 Å². The highest BCUT2D eigenvalue weighted by Gasteiger charge is 2.28. The Kier molecular flexibility index (Phi) is 5.21. The van der Waals surface area contributed by atoms with Gasteiger partial charge in [0.05, 0.1) is 12.9 Å². The van der Waals surface area contributed by atoms with Gasteiger partial charge in [-0.3, -0.25) is 18.7 Å². The van der Waals surface area contributed by atoms with E-state index in [1.54, 1.807) is 18.0 Å². The van der Waals surface area contributed by atoms with E-state index in [0.717, 1.165) is 10.4 Å². The second-order valence-electron chi connectivity index (χ2n) is 7.74. The molecule has 0 aliphatic carbocycles. The van der Waals surface area contributed by atoms with Gasteiger partial charge in [-0.05, 0) is 6.07 Å². The van der Waals surface area contributed by atoms with Crippen molar-refractivity contribution in [3.05, 3.63) is 39.3 Å². The lowest BCUT2D eigenvalue weighted by Crippen LogP contribution is -2.38. The number of fused-ring (bicyclic) bond motifs is 1. The first kappa shape index (κ1) is 20.6. The summed E-state index contributed by atoms with van der Waals surface area (Å²) in [6.07, 6.45) is 1.90. The van der Waals surface area contributed by atoms with Crippen LogP contribution < -0.4 is 20.9 Å². The molecule has 3 aromatic rings. The number of carbonyl (C=O) groups is 1. The monoisotopic (exact) mass is 428 g/mol. The van der Waals surface area contributed by atoms with Crippen LogP contribution in [0.1, 0.15) is 6.42 Å². The van der Waals surface area contributed by atoms with Crippen LogP contribution in [0.5, 0.6) is 5.88 Å². The van der Waals surface area contributed by atoms with Crippen LogP contribution in [-0.4, -0.2) is 73.0 Å². The van der Waals surface area contributed by atoms with Crippen molar-refractivity contribution in [1.82, 2.24) is 33.8 Å². The summed E-state index contributed by atoms with van der Waals surface area (Å²) in [4.78, 5) is 45.1. The van der Waals surface area contributed by atoms with Gasteiger partial charge in [0.25, 0.3) is 5.56 Å². The molecule has 1 aliphatic heterocycles. The Bertz CT molecular complexity index is 1240. The van der Waals surface area contributed by atoms with Gasteiger partial charge in [-0.2, -0.15) is 0 Å². The van der Waals surface area contributed by atoms with Gasteiger partial charge in [0.2, 0.25) is 11.8 Å². The second kappa shape index (κ2) is 7.85. The average molecular weight is 428 g/mol. The van der Waals surface area contributed by atoms with E-state index < -0.39 is 11.2 Å². The first-order valence-electron chi connectivity index (χ1n) is 9.82. The molecule has 0 saturated carbocycles. The summed E-state index contributed by atoms with van der Waals surface area (Å²) in [7, 11) is 6.70. The van der Waals surface area contributed by atoms with Gasteiger partial charge < -0.3 is 19.1 Å². The third-order valence-corrected chi connectivity index (χ3v) is 5.39. The fraction of sp³-hybridized carbons (Fsp3) is 0.474. The zero-order valence-corrected chi connectivity index (χ0v) is 17.8. The van der Waals surface area contributed by atoms with Crippen molar-refractivity contribution in [3.8, 4) is 5.88 Å². The third-order valence-electron chi connectivity index (χ3n) is 5.39. The minimum absolute atomic E-state index is 0.0476. The Balaban J connectivity index is 1.44. The van der Waals surface area contributed by atoms with Crippen molar-refractivity contribution in [3.63, 3.8) is 0 Å². The number of amides is 1. The van der Waals surface area contributed by atoms with Gasteiger partial charge >= 0.3 is 5.69 Å². The Morgan fingerprint density at radius 3 is 2.65 bits per heavy atom. The normalized spacial score (nSPS) is 16.1. The molecule has 4 heterocycles. The number of nitrogens with zero attached hydrogens (tertiary/aromatic N) is 8. The lowest BCUT2D eigenvalue weighted by molar-refractivity contribution is -0.131. The standard InChI is InChI=1S/C19H24N8O4/c1-23(2)13-5-6-14(22-21-13)31-12-7-8-26(9-12)15(28)10-27-11-20-17-16(27)18(29)25(4)19(30)24(17)3/h5-6,11-12H,7-10H2,1-4H3. The van der Waals surface area contributed by atoms with Crippen LogP contribution in [-0.2, 0) is 25.4 Å². The molecule has 0 bridgehead atoms. The lowest BCUT2D eigenvalue weighted by Gasteiger charge is -2.17. The number of hydrogen-bond acceptors (Lipinski definition) is 8. The Hall–Kier alpha value is -3.70. The molecule has 0 spiro atoms. The predicted molar refractivity (Wildman–Crippen MR) is 112 cm³/mol. The predicted octanol–water partition coefficient (Wildman–Crippen LogP) is -1.03. The summed E-state index contributed by atoms with van der Waals surface area (Å²) in [5.74, 6) is 0.983. The quantitative estimate of drug-likeness (QED) is 0.506. The van der Waals surface area contributed by atoms with Crippen molar-refractivity contribution in [2.45, 2.75) is 19.1 Å². The van der Waals surface area contributed by atoms with Gasteiger partial charge in [0.15, 0.2) is 17.0 Å². The van der Waals surface area contributed by atoms with Crippen molar-refractivity contribution in [2.75, 3.05) is 32.1 Å². The van der Waals surface area contributed by atoms with Crippen molar-refractivity contribution in [1.29, 1.82) is 0 Å². The Morgan fingerprint density at radius 2 is 1.97 bits per heavy atom. The minimum Gasteiger partial charge on any atom is -0.471 e. The molecule has 12 nitrogen and oxygen atoms in total. The summed E-state index contributed by atoms with van der Waals surface area (Å²) in [6, 6.07) is 3.57.